The number of hydrogen-bond donors (Lipinski definition) is 1. The van der Waals surface area contributed by atoms with Crippen LogP contribution in [0.1, 0.15) is 47.9 Å². The van der Waals surface area contributed by atoms with E-state index in [-0.39, 0.29) is 11.9 Å². The number of thiazole rings is 1. The molecule has 0 spiro atoms. The number of nitrogens with one attached hydrogen (secondary N) is 1. The molecule has 5 heterocycles. The topological polar surface area (TPSA) is 97.6 Å². The van der Waals surface area contributed by atoms with E-state index in [2.05, 4.69) is 26.2 Å². The fraction of sp³-hybridized carbons (Fsp3) is 0.583. The number of pyridine rings is 1. The van der Waals surface area contributed by atoms with E-state index in [0.717, 1.165) is 77.3 Å². The molecule has 3 saturated heterocycles. The van der Waals surface area contributed by atoms with Gasteiger partial charge in [0.2, 0.25) is 0 Å². The lowest BCUT2D eigenvalue weighted by atomic mass is 10.0. The van der Waals surface area contributed by atoms with Gasteiger partial charge in [0, 0.05) is 37.6 Å². The van der Waals surface area contributed by atoms with Gasteiger partial charge in [0.1, 0.15) is 11.5 Å². The van der Waals surface area contributed by atoms with E-state index in [9.17, 15) is 4.79 Å². The molecule has 3 aliphatic rings. The van der Waals surface area contributed by atoms with Gasteiger partial charge >= 0.3 is 0 Å². The second-order valence-electron chi connectivity index (χ2n) is 9.07. The van der Waals surface area contributed by atoms with Crippen LogP contribution < -0.4 is 5.32 Å². The third kappa shape index (κ3) is 5.23. The van der Waals surface area contributed by atoms with E-state index in [1.807, 2.05) is 28.5 Å². The first-order valence-electron chi connectivity index (χ1n) is 12.1. The molecule has 0 aromatic carbocycles. The summed E-state index contributed by atoms with van der Waals surface area (Å²) in [6.07, 6.45) is 4.09. The number of hydrogen-bond acceptors (Lipinski definition) is 9. The summed E-state index contributed by atoms with van der Waals surface area (Å²) in [5.74, 6) is 0.713. The normalized spacial score (nSPS) is 22.6. The molecule has 2 aromatic heterocycles. The number of morpholine rings is 1. The average molecular weight is 482 g/mol. The van der Waals surface area contributed by atoms with Crippen molar-refractivity contribution in [3.8, 4) is 6.07 Å². The molecule has 10 heteroatoms. The van der Waals surface area contributed by atoms with Crippen molar-refractivity contribution < 1.29 is 9.53 Å². The lowest BCUT2D eigenvalue weighted by Gasteiger charge is -2.39. The molecule has 1 atom stereocenters. The third-order valence-electron chi connectivity index (χ3n) is 7.02. The summed E-state index contributed by atoms with van der Waals surface area (Å²) in [5.41, 5.74) is 1.46. The fourth-order valence-corrected chi connectivity index (χ4v) is 5.92. The summed E-state index contributed by atoms with van der Waals surface area (Å²) in [6, 6.07) is 8.88. The van der Waals surface area contributed by atoms with Crippen LogP contribution in [-0.2, 0) is 4.74 Å². The Morgan fingerprint density at radius 2 is 1.97 bits per heavy atom. The lowest BCUT2D eigenvalue weighted by Crippen LogP contribution is -2.50. The summed E-state index contributed by atoms with van der Waals surface area (Å²) in [7, 11) is 0. The minimum Gasteiger partial charge on any atom is -0.379 e. The number of amides is 1. The van der Waals surface area contributed by atoms with Gasteiger partial charge in [-0.2, -0.15) is 5.26 Å². The van der Waals surface area contributed by atoms with Crippen LogP contribution in [-0.4, -0.2) is 89.1 Å². The molecule has 0 aliphatic carbocycles. The van der Waals surface area contributed by atoms with Crippen LogP contribution in [0.3, 0.4) is 0 Å². The van der Waals surface area contributed by atoms with Crippen molar-refractivity contribution in [1.82, 2.24) is 24.7 Å². The maximum absolute atomic E-state index is 13.0. The number of piperidine rings is 1. The van der Waals surface area contributed by atoms with Gasteiger partial charge in [-0.3, -0.25) is 14.6 Å². The van der Waals surface area contributed by atoms with Crippen molar-refractivity contribution in [2.24, 2.45) is 0 Å². The SMILES string of the molecule is N#CCN1CCCC1c1cccc(Nc2nc(C(=O)N3CCC(N4CCOCC4)CC3)cs2)n1. The lowest BCUT2D eigenvalue weighted by molar-refractivity contribution is 0.00154. The van der Waals surface area contributed by atoms with Crippen LogP contribution in [0.25, 0.3) is 0 Å². The minimum absolute atomic E-state index is 0.00420. The Morgan fingerprint density at radius 1 is 1.15 bits per heavy atom. The third-order valence-corrected chi connectivity index (χ3v) is 7.78. The van der Waals surface area contributed by atoms with Crippen LogP contribution in [0.15, 0.2) is 23.6 Å². The van der Waals surface area contributed by atoms with Crippen LogP contribution in [0.4, 0.5) is 10.9 Å². The Morgan fingerprint density at radius 3 is 2.76 bits per heavy atom. The Hall–Kier alpha value is -2.58. The second kappa shape index (κ2) is 10.8. The molecule has 0 radical (unpaired) electrons. The largest absolute Gasteiger partial charge is 0.379 e. The summed E-state index contributed by atoms with van der Waals surface area (Å²) < 4.78 is 5.46. The summed E-state index contributed by atoms with van der Waals surface area (Å²) in [5, 5.41) is 14.8. The number of carbonyl (C=O) groups excluding carboxylic acids is 1. The number of nitriles is 1. The number of anilines is 2. The van der Waals surface area contributed by atoms with Crippen molar-refractivity contribution in [3.63, 3.8) is 0 Å². The van der Waals surface area contributed by atoms with E-state index in [1.54, 1.807) is 0 Å². The van der Waals surface area contributed by atoms with Gasteiger partial charge in [-0.25, -0.2) is 9.97 Å². The van der Waals surface area contributed by atoms with Crippen LogP contribution >= 0.6 is 11.3 Å². The number of ether oxygens (including phenoxy) is 1. The Labute approximate surface area is 204 Å². The highest BCUT2D eigenvalue weighted by molar-refractivity contribution is 7.14. The standard InChI is InChI=1S/C24H31N7O2S/c25-8-12-30-9-2-4-21(30)19-3-1-5-22(26-19)28-24-27-20(17-34-24)23(32)31-10-6-18(7-11-31)29-13-15-33-16-14-29/h1,3,5,17-18,21H,2,4,6-7,9-16H2,(H,26,27,28). The number of rotatable bonds is 6. The molecule has 34 heavy (non-hydrogen) atoms. The van der Waals surface area contributed by atoms with Crippen molar-refractivity contribution in [1.29, 1.82) is 5.26 Å². The maximum Gasteiger partial charge on any atom is 0.273 e. The predicted octanol–water partition coefficient (Wildman–Crippen LogP) is 2.88. The molecular formula is C24H31N7O2S. The molecule has 0 saturated carbocycles. The highest BCUT2D eigenvalue weighted by Crippen LogP contribution is 2.31. The number of likely N-dealkylation sites (tertiary alicyclic amines) is 2. The molecule has 0 bridgehead atoms. The molecular weight excluding hydrogens is 450 g/mol. The van der Waals surface area contributed by atoms with Gasteiger partial charge in [0.15, 0.2) is 5.13 Å². The van der Waals surface area contributed by atoms with Crippen molar-refractivity contribution >= 4 is 28.2 Å². The predicted molar refractivity (Wildman–Crippen MR) is 130 cm³/mol. The zero-order valence-electron chi connectivity index (χ0n) is 19.4. The van der Waals surface area contributed by atoms with Crippen molar-refractivity contribution in [3.05, 3.63) is 35.0 Å². The molecule has 3 aliphatic heterocycles. The van der Waals surface area contributed by atoms with E-state index in [1.165, 1.54) is 11.3 Å². The molecule has 1 amide bonds. The molecule has 3 fully saturated rings. The zero-order valence-corrected chi connectivity index (χ0v) is 20.2. The van der Waals surface area contributed by atoms with Crippen LogP contribution in [0.5, 0.6) is 0 Å². The van der Waals surface area contributed by atoms with Crippen LogP contribution in [0.2, 0.25) is 0 Å². The summed E-state index contributed by atoms with van der Waals surface area (Å²) in [4.78, 5) is 29.0. The van der Waals surface area contributed by atoms with Crippen molar-refractivity contribution in [2.45, 2.75) is 37.8 Å². The smallest absolute Gasteiger partial charge is 0.273 e. The van der Waals surface area contributed by atoms with Crippen LogP contribution in [0, 0.1) is 11.3 Å². The number of carbonyl (C=O) groups is 1. The number of aromatic nitrogens is 2. The van der Waals surface area contributed by atoms with Gasteiger partial charge in [-0.1, -0.05) is 6.07 Å². The first kappa shape index (κ1) is 23.2. The molecule has 1 N–H and O–H groups in total. The monoisotopic (exact) mass is 481 g/mol. The Bertz CT molecular complexity index is 1020. The van der Waals surface area contributed by atoms with E-state index < -0.39 is 0 Å². The number of nitrogens with zero attached hydrogens (tertiary/aromatic N) is 6. The van der Waals surface area contributed by atoms with Gasteiger partial charge in [0.25, 0.3) is 5.91 Å². The average Bonchev–Trinajstić information content (AvgIpc) is 3.55. The van der Waals surface area contributed by atoms with Gasteiger partial charge in [0.05, 0.1) is 37.6 Å². The van der Waals surface area contributed by atoms with E-state index >= 15 is 0 Å². The van der Waals surface area contributed by atoms with Gasteiger partial charge < -0.3 is 15.0 Å². The first-order valence-corrected chi connectivity index (χ1v) is 13.0. The van der Waals surface area contributed by atoms with Gasteiger partial charge in [-0.15, -0.1) is 11.3 Å². The summed E-state index contributed by atoms with van der Waals surface area (Å²) in [6.45, 7) is 6.49. The Kier molecular flexibility index (Phi) is 7.35. The van der Waals surface area contributed by atoms with E-state index in [0.29, 0.717) is 29.2 Å². The van der Waals surface area contributed by atoms with Crippen molar-refractivity contribution in [2.75, 3.05) is 57.8 Å². The summed E-state index contributed by atoms with van der Waals surface area (Å²) >= 11 is 1.42. The highest BCUT2D eigenvalue weighted by Gasteiger charge is 2.29. The van der Waals surface area contributed by atoms with Gasteiger partial charge in [-0.05, 0) is 44.4 Å². The molecule has 1 unspecified atom stereocenters. The minimum atomic E-state index is 0.00420. The maximum atomic E-state index is 13.0. The molecule has 9 nitrogen and oxygen atoms in total. The second-order valence-corrected chi connectivity index (χ2v) is 9.93. The quantitative estimate of drug-likeness (QED) is 0.629. The molecule has 5 rings (SSSR count). The van der Waals surface area contributed by atoms with E-state index in [4.69, 9.17) is 15.0 Å². The molecule has 2 aromatic rings. The molecule has 180 valence electrons. The Balaban J connectivity index is 1.18. The first-order chi connectivity index (χ1) is 16.7. The zero-order chi connectivity index (χ0) is 23.3. The highest BCUT2D eigenvalue weighted by atomic mass is 32.1. The fourth-order valence-electron chi connectivity index (χ4n) is 5.23.